The highest BCUT2D eigenvalue weighted by atomic mass is 19.1. The Morgan fingerprint density at radius 1 is 1.28 bits per heavy atom. The molecule has 1 amide bonds. The molecule has 2 N–H and O–H groups in total. The van der Waals surface area contributed by atoms with Gasteiger partial charge in [0.2, 0.25) is 0 Å². The van der Waals surface area contributed by atoms with E-state index in [2.05, 4.69) is 24.1 Å². The molecule has 36 heavy (non-hydrogen) atoms. The summed E-state index contributed by atoms with van der Waals surface area (Å²) in [6.07, 6.45) is 0.564. The van der Waals surface area contributed by atoms with Crippen LogP contribution in [0.1, 0.15) is 54.0 Å². The topological polar surface area (TPSA) is 97.1 Å². The van der Waals surface area contributed by atoms with Gasteiger partial charge in [0.25, 0.3) is 5.91 Å². The number of aromatic hydroxyl groups is 1. The van der Waals surface area contributed by atoms with Gasteiger partial charge in [-0.2, -0.15) is 0 Å². The number of carbonyl (C=O) groups is 1. The zero-order valence-electron chi connectivity index (χ0n) is 20.8. The lowest BCUT2D eigenvalue weighted by atomic mass is 9.85. The van der Waals surface area contributed by atoms with Crippen molar-refractivity contribution >= 4 is 17.3 Å². The van der Waals surface area contributed by atoms with E-state index in [-0.39, 0.29) is 22.4 Å². The number of allylic oxidation sites excluding steroid dienone is 1. The summed E-state index contributed by atoms with van der Waals surface area (Å²) in [5, 5.41) is 14.1. The molecule has 0 aliphatic carbocycles. The molecule has 0 fully saturated rings. The van der Waals surface area contributed by atoms with Crippen molar-refractivity contribution in [3.8, 4) is 11.5 Å². The zero-order chi connectivity index (χ0) is 25.8. The van der Waals surface area contributed by atoms with E-state index in [1.807, 2.05) is 0 Å². The Bertz CT molecular complexity index is 1390. The fourth-order valence-electron chi connectivity index (χ4n) is 4.80. The van der Waals surface area contributed by atoms with Crippen LogP contribution in [-0.4, -0.2) is 29.7 Å². The number of benzene rings is 2. The number of rotatable bonds is 3. The summed E-state index contributed by atoms with van der Waals surface area (Å²) in [6, 6.07) is 8.37. The number of aryl methyl sites for hydroxylation is 2. The Hall–Kier alpha value is -4.01. The van der Waals surface area contributed by atoms with E-state index in [4.69, 9.17) is 13.9 Å². The smallest absolute Gasteiger partial charge is 0.281 e. The predicted octanol–water partition coefficient (Wildman–Crippen LogP) is 5.62. The van der Waals surface area contributed by atoms with Gasteiger partial charge in [0.05, 0.1) is 25.1 Å². The van der Waals surface area contributed by atoms with Crippen LogP contribution in [0.5, 0.6) is 11.5 Å². The molecule has 1 aromatic heterocycles. The second-order valence-corrected chi connectivity index (χ2v) is 9.87. The number of anilines is 2. The number of nitrogens with one attached hydrogen (secondary N) is 1. The molecule has 1 atom stereocenters. The van der Waals surface area contributed by atoms with E-state index in [1.165, 1.54) is 24.1 Å². The Morgan fingerprint density at radius 2 is 2.06 bits per heavy atom. The molecule has 2 aromatic carbocycles. The minimum Gasteiger partial charge on any atom is -0.506 e. The van der Waals surface area contributed by atoms with Gasteiger partial charge in [-0.25, -0.2) is 9.37 Å². The van der Waals surface area contributed by atoms with E-state index in [0.717, 1.165) is 0 Å². The second kappa shape index (κ2) is 8.58. The van der Waals surface area contributed by atoms with Gasteiger partial charge in [0.1, 0.15) is 40.6 Å². The maximum Gasteiger partial charge on any atom is 0.281 e. The van der Waals surface area contributed by atoms with Crippen molar-refractivity contribution < 1.29 is 28.2 Å². The molecule has 3 heterocycles. The lowest BCUT2D eigenvalue weighted by Gasteiger charge is -2.37. The van der Waals surface area contributed by atoms with Crippen LogP contribution in [0, 0.1) is 25.1 Å². The summed E-state index contributed by atoms with van der Waals surface area (Å²) < 4.78 is 32.7. The van der Waals surface area contributed by atoms with Crippen molar-refractivity contribution in [1.82, 2.24) is 4.98 Å². The lowest BCUT2D eigenvalue weighted by Crippen LogP contribution is -2.39. The first-order chi connectivity index (χ1) is 17.1. The average molecular weight is 494 g/mol. The third-order valence-electron chi connectivity index (χ3n) is 6.46. The molecule has 9 heteroatoms. The third-order valence-corrected chi connectivity index (χ3v) is 6.46. The number of ether oxygens (including phenoxy) is 2. The van der Waals surface area contributed by atoms with Gasteiger partial charge in [-0.15, -0.1) is 0 Å². The molecule has 3 aromatic rings. The van der Waals surface area contributed by atoms with Gasteiger partial charge in [0, 0.05) is 24.0 Å². The molecule has 2 aliphatic heterocycles. The number of fused-ring (bicyclic) bond motifs is 1. The van der Waals surface area contributed by atoms with E-state index >= 15 is 4.39 Å². The standard InChI is InChI=1S/C27H28FN3O5/c1-14-22(29-15(2)36-14)26(33)31-20-7-6-8-21(32)23(20)30-19-12-27(3,4)13-35-25(19)24(31)17-10-9-16(34-5)11-18(17)28/h6-11,24,30,32H,12-13H2,1-5H3. The van der Waals surface area contributed by atoms with E-state index in [0.29, 0.717) is 53.3 Å². The number of nitrogens with zero attached hydrogens (tertiary/aromatic N) is 2. The van der Waals surface area contributed by atoms with Crippen LogP contribution in [0.25, 0.3) is 0 Å². The highest BCUT2D eigenvalue weighted by Gasteiger charge is 2.43. The summed E-state index contributed by atoms with van der Waals surface area (Å²) in [7, 11) is 1.46. The fourth-order valence-corrected chi connectivity index (χ4v) is 4.80. The first-order valence-corrected chi connectivity index (χ1v) is 11.7. The zero-order valence-corrected chi connectivity index (χ0v) is 20.8. The van der Waals surface area contributed by atoms with Crippen LogP contribution >= 0.6 is 0 Å². The Kier molecular flexibility index (Phi) is 5.65. The van der Waals surface area contributed by atoms with E-state index in [1.54, 1.807) is 38.1 Å². The van der Waals surface area contributed by atoms with Gasteiger partial charge in [0.15, 0.2) is 11.6 Å². The van der Waals surface area contributed by atoms with Crippen molar-refractivity contribution in [3.05, 3.63) is 76.6 Å². The average Bonchev–Trinajstić information content (AvgIpc) is 3.09. The maximum atomic E-state index is 15.6. The summed E-state index contributed by atoms with van der Waals surface area (Å²) in [4.78, 5) is 19.9. The first kappa shape index (κ1) is 23.7. The van der Waals surface area contributed by atoms with Crippen molar-refractivity contribution in [2.75, 3.05) is 23.9 Å². The van der Waals surface area contributed by atoms with Gasteiger partial charge >= 0.3 is 0 Å². The molecular formula is C27H28FN3O5. The summed E-state index contributed by atoms with van der Waals surface area (Å²) in [6.45, 7) is 7.79. The van der Waals surface area contributed by atoms with Crippen LogP contribution in [0.4, 0.5) is 15.8 Å². The molecule has 1 unspecified atom stereocenters. The summed E-state index contributed by atoms with van der Waals surface area (Å²) in [5.41, 5.74) is 1.44. The Morgan fingerprint density at radius 3 is 2.72 bits per heavy atom. The second-order valence-electron chi connectivity index (χ2n) is 9.87. The number of amides is 1. The highest BCUT2D eigenvalue weighted by Crippen LogP contribution is 2.50. The van der Waals surface area contributed by atoms with Gasteiger partial charge < -0.3 is 24.3 Å². The number of hydrogen-bond donors (Lipinski definition) is 2. The van der Waals surface area contributed by atoms with Crippen LogP contribution < -0.4 is 15.0 Å². The molecule has 0 bridgehead atoms. The highest BCUT2D eigenvalue weighted by molar-refractivity contribution is 6.09. The molecule has 8 nitrogen and oxygen atoms in total. The number of para-hydroxylation sites is 1. The van der Waals surface area contributed by atoms with E-state index < -0.39 is 17.8 Å². The van der Waals surface area contributed by atoms with Crippen molar-refractivity contribution in [2.45, 2.75) is 40.2 Å². The van der Waals surface area contributed by atoms with Crippen LogP contribution in [0.2, 0.25) is 0 Å². The first-order valence-electron chi connectivity index (χ1n) is 11.7. The largest absolute Gasteiger partial charge is 0.506 e. The van der Waals surface area contributed by atoms with Crippen molar-refractivity contribution in [2.24, 2.45) is 5.41 Å². The van der Waals surface area contributed by atoms with Gasteiger partial charge in [-0.1, -0.05) is 19.9 Å². The third kappa shape index (κ3) is 3.94. The number of methoxy groups -OCH3 is 1. The van der Waals surface area contributed by atoms with Crippen molar-refractivity contribution in [3.63, 3.8) is 0 Å². The SMILES string of the molecule is COc1ccc(C2C3=C(CC(C)(C)CO3)Nc3c(O)cccc3N2C(=O)c2nc(C)oc2C)c(F)c1. The number of oxazole rings is 1. The summed E-state index contributed by atoms with van der Waals surface area (Å²) in [5.74, 6) is 0.300. The monoisotopic (exact) mass is 493 g/mol. The molecular weight excluding hydrogens is 465 g/mol. The van der Waals surface area contributed by atoms with Crippen LogP contribution in [0.15, 0.2) is 52.3 Å². The van der Waals surface area contributed by atoms with Gasteiger partial charge in [-0.05, 0) is 37.6 Å². The normalized spacial score (nSPS) is 18.5. The molecule has 5 rings (SSSR count). The number of phenolic OH excluding ortho intramolecular Hbond substituents is 1. The number of phenols is 1. The van der Waals surface area contributed by atoms with Gasteiger partial charge in [-0.3, -0.25) is 9.69 Å². The lowest BCUT2D eigenvalue weighted by molar-refractivity contribution is 0.0756. The Labute approximate surface area is 208 Å². The maximum absolute atomic E-state index is 15.6. The molecule has 0 spiro atoms. The predicted molar refractivity (Wildman–Crippen MR) is 132 cm³/mol. The number of aromatic nitrogens is 1. The minimum atomic E-state index is -0.985. The minimum absolute atomic E-state index is 0.0514. The van der Waals surface area contributed by atoms with Crippen LogP contribution in [0.3, 0.4) is 0 Å². The molecule has 0 saturated carbocycles. The Balaban J connectivity index is 1.81. The summed E-state index contributed by atoms with van der Waals surface area (Å²) >= 11 is 0. The number of carbonyl (C=O) groups excluding carboxylic acids is 1. The quantitative estimate of drug-likeness (QED) is 0.457. The molecule has 0 radical (unpaired) electrons. The van der Waals surface area contributed by atoms with Crippen LogP contribution in [-0.2, 0) is 4.74 Å². The van der Waals surface area contributed by atoms with E-state index in [9.17, 15) is 9.90 Å². The molecule has 2 aliphatic rings. The number of halogens is 1. The molecule has 0 saturated heterocycles. The fraction of sp³-hybridized carbons (Fsp3) is 0.333. The van der Waals surface area contributed by atoms with Crippen molar-refractivity contribution in [1.29, 1.82) is 0 Å². The molecule has 188 valence electrons. The number of hydrogen-bond acceptors (Lipinski definition) is 7.